The van der Waals surface area contributed by atoms with Gasteiger partial charge in [-0.25, -0.2) is 0 Å². The molecule has 0 unspecified atom stereocenters. The molecule has 23 heavy (non-hydrogen) atoms. The molecule has 0 aliphatic carbocycles. The fraction of sp³-hybridized carbons (Fsp3) is 0.235. The molecule has 0 N–H and O–H groups in total. The van der Waals surface area contributed by atoms with Crippen LogP contribution in [0.5, 0.6) is 0 Å². The van der Waals surface area contributed by atoms with Crippen molar-refractivity contribution >= 4 is 24.7 Å². The van der Waals surface area contributed by atoms with Crippen molar-refractivity contribution in [3.05, 3.63) is 54.1 Å². The van der Waals surface area contributed by atoms with Crippen LogP contribution in [0.4, 0.5) is 11.4 Å². The number of nitriles is 1. The van der Waals surface area contributed by atoms with Gasteiger partial charge in [0, 0.05) is 13.1 Å². The van der Waals surface area contributed by atoms with E-state index < -0.39 is 0 Å². The minimum Gasteiger partial charge on any atom is -0.367 e. The average molecular weight is 301 g/mol. The van der Waals surface area contributed by atoms with Crippen molar-refractivity contribution in [2.24, 2.45) is 10.3 Å². The summed E-state index contributed by atoms with van der Waals surface area (Å²) in [5.74, 6) is 0. The fourth-order valence-corrected chi connectivity index (χ4v) is 2.53. The Labute approximate surface area is 137 Å². The summed E-state index contributed by atoms with van der Waals surface area (Å²) in [6, 6.07) is 17.2. The van der Waals surface area contributed by atoms with E-state index in [4.69, 9.17) is 7.85 Å². The molecule has 2 aromatic rings. The SMILES string of the molecule is [B]c1ccc(N=NN2CCN(c3ccccc3C#N)CC2)cc1. The van der Waals surface area contributed by atoms with Gasteiger partial charge in [0.15, 0.2) is 0 Å². The highest BCUT2D eigenvalue weighted by Crippen LogP contribution is 2.21. The predicted octanol–water partition coefficient (Wildman–Crippen LogP) is 2.17. The zero-order valence-electron chi connectivity index (χ0n) is 12.8. The number of piperazine rings is 1. The second-order valence-corrected chi connectivity index (χ2v) is 5.35. The molecule has 112 valence electrons. The summed E-state index contributed by atoms with van der Waals surface area (Å²) in [6.07, 6.45) is 0. The molecule has 1 heterocycles. The van der Waals surface area contributed by atoms with E-state index in [1.54, 1.807) is 0 Å². The van der Waals surface area contributed by atoms with Gasteiger partial charge in [0.1, 0.15) is 13.9 Å². The summed E-state index contributed by atoms with van der Waals surface area (Å²) in [4.78, 5) is 2.22. The van der Waals surface area contributed by atoms with Crippen LogP contribution in [-0.4, -0.2) is 39.0 Å². The number of para-hydroxylation sites is 1. The second-order valence-electron chi connectivity index (χ2n) is 5.35. The normalized spacial score (nSPS) is 14.9. The van der Waals surface area contributed by atoms with Crippen LogP contribution in [0.2, 0.25) is 0 Å². The Morgan fingerprint density at radius 2 is 1.65 bits per heavy atom. The topological polar surface area (TPSA) is 55.0 Å². The first-order chi connectivity index (χ1) is 11.3. The summed E-state index contributed by atoms with van der Waals surface area (Å²) in [5, 5.41) is 19.7. The Hall–Kier alpha value is -2.81. The molecule has 0 amide bonds. The van der Waals surface area contributed by atoms with Crippen LogP contribution in [0.3, 0.4) is 0 Å². The van der Waals surface area contributed by atoms with Gasteiger partial charge < -0.3 is 4.90 Å². The molecule has 3 rings (SSSR count). The number of hydrogen-bond donors (Lipinski definition) is 0. The van der Waals surface area contributed by atoms with Crippen LogP contribution < -0.4 is 10.4 Å². The van der Waals surface area contributed by atoms with Crippen LogP contribution in [0.1, 0.15) is 5.56 Å². The molecule has 2 radical (unpaired) electrons. The van der Waals surface area contributed by atoms with E-state index in [1.165, 1.54) is 0 Å². The van der Waals surface area contributed by atoms with E-state index in [0.717, 1.165) is 37.6 Å². The third-order valence-corrected chi connectivity index (χ3v) is 3.80. The molecule has 5 nitrogen and oxygen atoms in total. The van der Waals surface area contributed by atoms with Crippen LogP contribution in [0.25, 0.3) is 0 Å². The molecule has 1 aliphatic rings. The molecule has 6 heteroatoms. The molecule has 1 aliphatic heterocycles. The molecular weight excluding hydrogens is 285 g/mol. The number of nitrogens with zero attached hydrogens (tertiary/aromatic N) is 5. The zero-order chi connectivity index (χ0) is 16.1. The summed E-state index contributed by atoms with van der Waals surface area (Å²) in [6.45, 7) is 3.19. The van der Waals surface area contributed by atoms with Crippen molar-refractivity contribution in [1.82, 2.24) is 5.01 Å². The molecule has 0 aromatic heterocycles. The Bertz CT molecular complexity index is 727. The van der Waals surface area contributed by atoms with Crippen molar-refractivity contribution in [3.8, 4) is 6.07 Å². The maximum Gasteiger partial charge on any atom is 0.113 e. The number of rotatable bonds is 3. The molecule has 1 saturated heterocycles. The largest absolute Gasteiger partial charge is 0.367 e. The fourth-order valence-electron chi connectivity index (χ4n) is 2.53. The quantitative estimate of drug-likeness (QED) is 0.645. The van der Waals surface area contributed by atoms with Gasteiger partial charge in [0.05, 0.1) is 30.0 Å². The summed E-state index contributed by atoms with van der Waals surface area (Å²) in [7, 11) is 5.65. The minimum absolute atomic E-state index is 0.712. The Kier molecular flexibility index (Phi) is 4.58. The van der Waals surface area contributed by atoms with Gasteiger partial charge in [0.2, 0.25) is 0 Å². The molecule has 2 aromatic carbocycles. The van der Waals surface area contributed by atoms with Crippen molar-refractivity contribution in [1.29, 1.82) is 5.26 Å². The van der Waals surface area contributed by atoms with Gasteiger partial charge in [0.25, 0.3) is 0 Å². The van der Waals surface area contributed by atoms with Gasteiger partial charge in [-0.05, 0) is 24.3 Å². The third kappa shape index (κ3) is 3.69. The van der Waals surface area contributed by atoms with E-state index in [0.29, 0.717) is 11.0 Å². The number of anilines is 1. The van der Waals surface area contributed by atoms with E-state index in [2.05, 4.69) is 21.3 Å². The minimum atomic E-state index is 0.712. The van der Waals surface area contributed by atoms with E-state index >= 15 is 0 Å². The summed E-state index contributed by atoms with van der Waals surface area (Å²) in [5.41, 5.74) is 3.21. The summed E-state index contributed by atoms with van der Waals surface area (Å²) >= 11 is 0. The van der Waals surface area contributed by atoms with Crippen molar-refractivity contribution in [2.45, 2.75) is 0 Å². The van der Waals surface area contributed by atoms with Crippen LogP contribution in [0.15, 0.2) is 58.9 Å². The highest BCUT2D eigenvalue weighted by molar-refractivity contribution is 6.32. The lowest BCUT2D eigenvalue weighted by atomic mass is 9.96. The van der Waals surface area contributed by atoms with Gasteiger partial charge >= 0.3 is 0 Å². The van der Waals surface area contributed by atoms with Crippen molar-refractivity contribution < 1.29 is 0 Å². The van der Waals surface area contributed by atoms with Gasteiger partial charge in [-0.3, -0.25) is 5.01 Å². The molecular formula is C17H16BN5. The highest BCUT2D eigenvalue weighted by Gasteiger charge is 2.18. The van der Waals surface area contributed by atoms with Gasteiger partial charge in [-0.2, -0.15) is 5.26 Å². The van der Waals surface area contributed by atoms with E-state index in [-0.39, 0.29) is 0 Å². The highest BCUT2D eigenvalue weighted by atomic mass is 15.6. The van der Waals surface area contributed by atoms with Crippen LogP contribution in [0, 0.1) is 11.3 Å². The van der Waals surface area contributed by atoms with Crippen molar-refractivity contribution in [2.75, 3.05) is 31.1 Å². The molecule has 0 atom stereocenters. The molecule has 0 saturated carbocycles. The summed E-state index contributed by atoms with van der Waals surface area (Å²) < 4.78 is 0. The third-order valence-electron chi connectivity index (χ3n) is 3.80. The van der Waals surface area contributed by atoms with Crippen LogP contribution >= 0.6 is 0 Å². The lowest BCUT2D eigenvalue weighted by Crippen LogP contribution is -2.44. The zero-order valence-corrected chi connectivity index (χ0v) is 12.8. The van der Waals surface area contributed by atoms with Gasteiger partial charge in [-0.1, -0.05) is 35.0 Å². The lowest BCUT2D eigenvalue weighted by Gasteiger charge is -2.34. The Morgan fingerprint density at radius 1 is 0.957 bits per heavy atom. The van der Waals surface area contributed by atoms with E-state index in [9.17, 15) is 5.26 Å². The Balaban J connectivity index is 1.60. The molecule has 0 bridgehead atoms. The average Bonchev–Trinajstić information content (AvgIpc) is 2.62. The first kappa shape index (κ1) is 15.1. The standard InChI is InChI=1S/C17H16BN5/c18-15-5-7-16(8-6-15)20-21-23-11-9-22(10-12-23)17-4-2-1-3-14(17)13-19/h1-8H,9-12H2. The monoisotopic (exact) mass is 301 g/mol. The first-order valence-corrected chi connectivity index (χ1v) is 7.52. The van der Waals surface area contributed by atoms with Crippen molar-refractivity contribution in [3.63, 3.8) is 0 Å². The van der Waals surface area contributed by atoms with E-state index in [1.807, 2.05) is 53.5 Å². The molecule has 0 spiro atoms. The predicted molar refractivity (Wildman–Crippen MR) is 91.3 cm³/mol. The number of benzene rings is 2. The molecule has 1 fully saturated rings. The smallest absolute Gasteiger partial charge is 0.113 e. The van der Waals surface area contributed by atoms with Gasteiger partial charge in [-0.15, -0.1) is 5.11 Å². The number of hydrogen-bond acceptors (Lipinski definition) is 4. The second kappa shape index (κ2) is 6.97. The first-order valence-electron chi connectivity index (χ1n) is 7.52. The maximum atomic E-state index is 9.20. The lowest BCUT2D eigenvalue weighted by molar-refractivity contribution is 0.254. The van der Waals surface area contributed by atoms with Crippen LogP contribution in [-0.2, 0) is 0 Å². The maximum absolute atomic E-state index is 9.20. The Morgan fingerprint density at radius 3 is 2.35 bits per heavy atom.